The first-order valence-electron chi connectivity index (χ1n) is 8.78. The number of rotatable bonds is 8. The Morgan fingerprint density at radius 2 is 1.91 bits per heavy atom. The fraction of sp³-hybridized carbons (Fsp3) is 0.875. The zero-order valence-corrected chi connectivity index (χ0v) is 16.8. The summed E-state index contributed by atoms with van der Waals surface area (Å²) in [6.45, 7) is 10.1. The molecule has 1 heterocycles. The van der Waals surface area contributed by atoms with E-state index in [4.69, 9.17) is 0 Å². The van der Waals surface area contributed by atoms with Crippen LogP contribution in [0.25, 0.3) is 0 Å². The average Bonchev–Trinajstić information content (AvgIpc) is 3.21. The van der Waals surface area contributed by atoms with Gasteiger partial charge in [-0.3, -0.25) is 9.69 Å². The second kappa shape index (κ2) is 11.1. The maximum absolute atomic E-state index is 12.0. The van der Waals surface area contributed by atoms with Crippen molar-refractivity contribution in [1.82, 2.24) is 20.4 Å². The molecule has 1 amide bonds. The summed E-state index contributed by atoms with van der Waals surface area (Å²) in [6.07, 6.45) is 4.93. The van der Waals surface area contributed by atoms with Gasteiger partial charge in [-0.15, -0.1) is 24.0 Å². The minimum atomic E-state index is 0. The minimum absolute atomic E-state index is 0. The standard InChI is InChI=1S/C16H31N5O.HI/c1-3-17-16(18-9-12-20(4-2)14-7-8-14)19-13-15(22)21-10-5-6-11-21;/h14H,3-13H2,1-2H3,(H2,17,18,19);1H. The van der Waals surface area contributed by atoms with Gasteiger partial charge in [0.25, 0.3) is 0 Å². The molecule has 0 atom stereocenters. The van der Waals surface area contributed by atoms with Crippen molar-refractivity contribution in [3.63, 3.8) is 0 Å². The van der Waals surface area contributed by atoms with Gasteiger partial charge in [0.15, 0.2) is 5.96 Å². The molecule has 0 spiro atoms. The number of carbonyl (C=O) groups excluding carboxylic acids is 1. The van der Waals surface area contributed by atoms with Gasteiger partial charge < -0.3 is 15.5 Å². The summed E-state index contributed by atoms with van der Waals surface area (Å²) in [7, 11) is 0. The molecule has 1 aliphatic carbocycles. The van der Waals surface area contributed by atoms with Crippen LogP contribution in [0.5, 0.6) is 0 Å². The molecule has 0 bridgehead atoms. The SMILES string of the molecule is CCNC(=NCC(=O)N1CCCC1)NCCN(CC)C1CC1.I. The molecule has 0 radical (unpaired) electrons. The van der Waals surface area contributed by atoms with Crippen LogP contribution in [-0.4, -0.2) is 73.5 Å². The Morgan fingerprint density at radius 3 is 2.48 bits per heavy atom. The fourth-order valence-electron chi connectivity index (χ4n) is 2.91. The Morgan fingerprint density at radius 1 is 1.22 bits per heavy atom. The van der Waals surface area contributed by atoms with Gasteiger partial charge in [0.1, 0.15) is 6.54 Å². The maximum Gasteiger partial charge on any atom is 0.244 e. The van der Waals surface area contributed by atoms with Crippen LogP contribution in [0.2, 0.25) is 0 Å². The zero-order valence-electron chi connectivity index (χ0n) is 14.5. The summed E-state index contributed by atoms with van der Waals surface area (Å²) >= 11 is 0. The van der Waals surface area contributed by atoms with Crippen molar-refractivity contribution < 1.29 is 4.79 Å². The highest BCUT2D eigenvalue weighted by molar-refractivity contribution is 14.0. The van der Waals surface area contributed by atoms with E-state index < -0.39 is 0 Å². The first-order valence-corrected chi connectivity index (χ1v) is 8.78. The van der Waals surface area contributed by atoms with E-state index in [2.05, 4.69) is 27.4 Å². The number of aliphatic imine (C=N–C) groups is 1. The highest BCUT2D eigenvalue weighted by atomic mass is 127. The smallest absolute Gasteiger partial charge is 0.244 e. The Bertz CT molecular complexity index is 381. The topological polar surface area (TPSA) is 60.0 Å². The first-order chi connectivity index (χ1) is 10.7. The molecular weight excluding hydrogens is 405 g/mol. The first kappa shape index (κ1) is 20.5. The van der Waals surface area contributed by atoms with E-state index in [9.17, 15) is 4.79 Å². The Balaban J connectivity index is 0.00000264. The van der Waals surface area contributed by atoms with Crippen LogP contribution in [0.15, 0.2) is 4.99 Å². The number of guanidine groups is 1. The molecule has 7 heteroatoms. The van der Waals surface area contributed by atoms with Gasteiger partial charge in [-0.25, -0.2) is 4.99 Å². The largest absolute Gasteiger partial charge is 0.357 e. The highest BCUT2D eigenvalue weighted by Crippen LogP contribution is 2.25. The predicted octanol–water partition coefficient (Wildman–Crippen LogP) is 1.27. The van der Waals surface area contributed by atoms with E-state index in [1.807, 2.05) is 11.8 Å². The number of halogens is 1. The predicted molar refractivity (Wildman–Crippen MR) is 105 cm³/mol. The molecule has 0 aromatic carbocycles. The van der Waals surface area contributed by atoms with Crippen molar-refractivity contribution in [2.75, 3.05) is 45.8 Å². The molecule has 134 valence electrons. The normalized spacial score (nSPS) is 18.0. The molecule has 6 nitrogen and oxygen atoms in total. The van der Waals surface area contributed by atoms with Crippen molar-refractivity contribution in [2.45, 2.75) is 45.6 Å². The van der Waals surface area contributed by atoms with Crippen LogP contribution in [0.4, 0.5) is 0 Å². The number of likely N-dealkylation sites (tertiary alicyclic amines) is 1. The van der Waals surface area contributed by atoms with E-state index in [0.717, 1.165) is 64.1 Å². The van der Waals surface area contributed by atoms with Gasteiger partial charge in [0.2, 0.25) is 5.91 Å². The molecule has 2 aliphatic rings. The van der Waals surface area contributed by atoms with Gasteiger partial charge >= 0.3 is 0 Å². The van der Waals surface area contributed by atoms with Gasteiger partial charge in [-0.1, -0.05) is 6.92 Å². The Labute approximate surface area is 157 Å². The number of hydrogen-bond acceptors (Lipinski definition) is 3. The number of carbonyl (C=O) groups is 1. The zero-order chi connectivity index (χ0) is 15.8. The lowest BCUT2D eigenvalue weighted by molar-refractivity contribution is -0.128. The van der Waals surface area contributed by atoms with Crippen molar-refractivity contribution in [1.29, 1.82) is 0 Å². The fourth-order valence-corrected chi connectivity index (χ4v) is 2.91. The van der Waals surface area contributed by atoms with E-state index >= 15 is 0 Å². The van der Waals surface area contributed by atoms with E-state index in [1.165, 1.54) is 12.8 Å². The average molecular weight is 437 g/mol. The van der Waals surface area contributed by atoms with Crippen LogP contribution >= 0.6 is 24.0 Å². The van der Waals surface area contributed by atoms with Crippen molar-refractivity contribution in [3.8, 4) is 0 Å². The van der Waals surface area contributed by atoms with Crippen LogP contribution in [-0.2, 0) is 4.79 Å². The summed E-state index contributed by atoms with van der Waals surface area (Å²) in [5.74, 6) is 0.893. The quantitative estimate of drug-likeness (QED) is 0.341. The molecule has 2 rings (SSSR count). The van der Waals surface area contributed by atoms with Crippen LogP contribution in [0, 0.1) is 0 Å². The Kier molecular flexibility index (Phi) is 9.85. The lowest BCUT2D eigenvalue weighted by atomic mass is 10.4. The monoisotopic (exact) mass is 437 g/mol. The second-order valence-corrected chi connectivity index (χ2v) is 6.07. The number of nitrogens with one attached hydrogen (secondary N) is 2. The number of likely N-dealkylation sites (N-methyl/N-ethyl adjacent to an activating group) is 1. The third-order valence-electron chi connectivity index (χ3n) is 4.34. The van der Waals surface area contributed by atoms with Gasteiger partial charge in [0, 0.05) is 38.8 Å². The second-order valence-electron chi connectivity index (χ2n) is 6.07. The molecule has 0 aromatic rings. The third-order valence-corrected chi connectivity index (χ3v) is 4.34. The molecule has 2 N–H and O–H groups in total. The molecule has 1 saturated heterocycles. The van der Waals surface area contributed by atoms with Gasteiger partial charge in [-0.2, -0.15) is 0 Å². The summed E-state index contributed by atoms with van der Waals surface area (Å²) in [5.41, 5.74) is 0. The van der Waals surface area contributed by atoms with Crippen LogP contribution in [0.1, 0.15) is 39.5 Å². The summed E-state index contributed by atoms with van der Waals surface area (Å²) < 4.78 is 0. The molecule has 1 aliphatic heterocycles. The summed E-state index contributed by atoms with van der Waals surface area (Å²) in [5, 5.41) is 6.56. The summed E-state index contributed by atoms with van der Waals surface area (Å²) in [4.78, 5) is 20.9. The van der Waals surface area contributed by atoms with Gasteiger partial charge in [0.05, 0.1) is 0 Å². The molecule has 0 aromatic heterocycles. The molecule has 2 fully saturated rings. The molecular formula is C16H32IN5O. The van der Waals surface area contributed by atoms with Crippen LogP contribution in [0.3, 0.4) is 0 Å². The van der Waals surface area contributed by atoms with Gasteiger partial charge in [-0.05, 0) is 39.2 Å². The molecule has 0 unspecified atom stereocenters. The van der Waals surface area contributed by atoms with E-state index in [-0.39, 0.29) is 36.4 Å². The van der Waals surface area contributed by atoms with Crippen molar-refractivity contribution in [3.05, 3.63) is 0 Å². The number of amides is 1. The molecule has 1 saturated carbocycles. The minimum Gasteiger partial charge on any atom is -0.357 e. The lowest BCUT2D eigenvalue weighted by Gasteiger charge is -2.21. The van der Waals surface area contributed by atoms with E-state index in [0.29, 0.717) is 0 Å². The lowest BCUT2D eigenvalue weighted by Crippen LogP contribution is -2.42. The van der Waals surface area contributed by atoms with E-state index in [1.54, 1.807) is 0 Å². The number of nitrogens with zero attached hydrogens (tertiary/aromatic N) is 3. The maximum atomic E-state index is 12.0. The number of hydrogen-bond donors (Lipinski definition) is 2. The van der Waals surface area contributed by atoms with Crippen LogP contribution < -0.4 is 10.6 Å². The van der Waals surface area contributed by atoms with Crippen molar-refractivity contribution >= 4 is 35.8 Å². The highest BCUT2D eigenvalue weighted by Gasteiger charge is 2.27. The summed E-state index contributed by atoms with van der Waals surface area (Å²) in [6, 6.07) is 0.795. The Hall–Kier alpha value is -0.570. The third kappa shape index (κ3) is 7.24. The molecule has 23 heavy (non-hydrogen) atoms. The van der Waals surface area contributed by atoms with Crippen molar-refractivity contribution in [2.24, 2.45) is 4.99 Å².